The van der Waals surface area contributed by atoms with E-state index < -0.39 is 6.04 Å². The number of nitrogens with one attached hydrogen (secondary N) is 1. The second-order valence-electron chi connectivity index (χ2n) is 7.02. The number of hydrogen-bond donors (Lipinski definition) is 1. The summed E-state index contributed by atoms with van der Waals surface area (Å²) in [5, 5.41) is 6.74. The van der Waals surface area contributed by atoms with E-state index in [1.165, 1.54) is 0 Å². The van der Waals surface area contributed by atoms with Crippen molar-refractivity contribution in [3.63, 3.8) is 0 Å². The second-order valence-corrected chi connectivity index (χ2v) is 7.02. The molecule has 1 aliphatic rings. The molecule has 1 aromatic carbocycles. The van der Waals surface area contributed by atoms with Gasteiger partial charge in [-0.1, -0.05) is 35.5 Å². The van der Waals surface area contributed by atoms with Gasteiger partial charge in [0.15, 0.2) is 5.82 Å². The Morgan fingerprint density at radius 1 is 1.28 bits per heavy atom. The number of rotatable bonds is 4. The van der Waals surface area contributed by atoms with Crippen LogP contribution in [0.3, 0.4) is 0 Å². The van der Waals surface area contributed by atoms with Crippen LogP contribution < -0.4 is 5.32 Å². The summed E-state index contributed by atoms with van der Waals surface area (Å²) < 4.78 is 11.0. The van der Waals surface area contributed by atoms with Crippen LogP contribution in [-0.2, 0) is 9.53 Å². The Bertz CT molecular complexity index is 712. The third-order valence-corrected chi connectivity index (χ3v) is 4.48. The highest BCUT2D eigenvalue weighted by molar-refractivity contribution is 5.94. The molecule has 1 unspecified atom stereocenters. The largest absolute Gasteiger partial charge is 0.374 e. The number of carbonyl (C=O) groups excluding carboxylic acids is 1. The number of anilines is 1. The van der Waals surface area contributed by atoms with Crippen molar-refractivity contribution >= 4 is 11.7 Å². The van der Waals surface area contributed by atoms with Crippen molar-refractivity contribution < 1.29 is 14.1 Å². The lowest BCUT2D eigenvalue weighted by Gasteiger charge is -2.29. The summed E-state index contributed by atoms with van der Waals surface area (Å²) in [5.41, 5.74) is 0.787. The van der Waals surface area contributed by atoms with Crippen molar-refractivity contribution in [1.82, 2.24) is 10.1 Å². The van der Waals surface area contributed by atoms with Crippen molar-refractivity contribution in [2.24, 2.45) is 0 Å². The molecule has 1 atom stereocenters. The van der Waals surface area contributed by atoms with Crippen molar-refractivity contribution in [2.75, 3.05) is 25.0 Å². The smallest absolute Gasteiger partial charge is 0.247 e. The molecule has 134 valence electrons. The minimum Gasteiger partial charge on any atom is -0.374 e. The number of aryl methyl sites for hydroxylation is 1. The maximum Gasteiger partial charge on any atom is 0.247 e. The number of nitrogens with zero attached hydrogens (tertiary/aromatic N) is 2. The molecule has 6 nitrogen and oxygen atoms in total. The van der Waals surface area contributed by atoms with Gasteiger partial charge in [-0.2, -0.15) is 0 Å². The van der Waals surface area contributed by atoms with Crippen LogP contribution in [0.25, 0.3) is 0 Å². The summed E-state index contributed by atoms with van der Waals surface area (Å²) in [4.78, 5) is 15.2. The molecule has 1 amide bonds. The first-order valence-corrected chi connectivity index (χ1v) is 8.62. The van der Waals surface area contributed by atoms with E-state index in [0.717, 1.165) is 18.5 Å². The fraction of sp³-hybridized carbons (Fsp3) is 0.474. The third-order valence-electron chi connectivity index (χ3n) is 4.48. The van der Waals surface area contributed by atoms with Crippen LogP contribution >= 0.6 is 0 Å². The van der Waals surface area contributed by atoms with Gasteiger partial charge in [0, 0.05) is 19.2 Å². The van der Waals surface area contributed by atoms with Crippen LogP contribution in [0, 0.1) is 6.92 Å². The van der Waals surface area contributed by atoms with Gasteiger partial charge in [-0.3, -0.25) is 9.69 Å². The average Bonchev–Trinajstić information content (AvgIpc) is 2.89. The molecular weight excluding hydrogens is 318 g/mol. The third kappa shape index (κ3) is 4.46. The molecule has 1 aromatic heterocycles. The lowest BCUT2D eigenvalue weighted by Crippen LogP contribution is -2.39. The first-order chi connectivity index (χ1) is 11.9. The van der Waals surface area contributed by atoms with E-state index in [2.05, 4.69) is 29.2 Å². The van der Waals surface area contributed by atoms with Crippen LogP contribution in [-0.4, -0.2) is 41.3 Å². The summed E-state index contributed by atoms with van der Waals surface area (Å²) in [6.07, 6.45) is 0.868. The lowest BCUT2D eigenvalue weighted by molar-refractivity contribution is -0.121. The topological polar surface area (TPSA) is 67.6 Å². The zero-order valence-electron chi connectivity index (χ0n) is 15.0. The van der Waals surface area contributed by atoms with E-state index in [4.69, 9.17) is 9.26 Å². The van der Waals surface area contributed by atoms with Gasteiger partial charge in [0.1, 0.15) is 11.8 Å². The molecule has 2 aromatic rings. The van der Waals surface area contributed by atoms with E-state index in [1.54, 1.807) is 13.0 Å². The summed E-state index contributed by atoms with van der Waals surface area (Å²) >= 11 is 0. The number of ether oxygens (including phenoxy) is 1. The number of carbonyl (C=O) groups is 1. The van der Waals surface area contributed by atoms with Gasteiger partial charge in [-0.05, 0) is 32.8 Å². The van der Waals surface area contributed by atoms with Crippen molar-refractivity contribution in [3.8, 4) is 0 Å². The Kier molecular flexibility index (Phi) is 5.20. The van der Waals surface area contributed by atoms with Crippen LogP contribution in [0.2, 0.25) is 0 Å². The molecule has 25 heavy (non-hydrogen) atoms. The molecule has 1 aliphatic heterocycles. The Labute approximate surface area is 148 Å². The van der Waals surface area contributed by atoms with Gasteiger partial charge in [-0.25, -0.2) is 0 Å². The normalized spacial score (nSPS) is 19.2. The van der Waals surface area contributed by atoms with Gasteiger partial charge in [0.05, 0.1) is 12.2 Å². The minimum atomic E-state index is -0.393. The molecule has 3 rings (SSSR count). The predicted molar refractivity (Wildman–Crippen MR) is 95.3 cm³/mol. The molecule has 1 fully saturated rings. The van der Waals surface area contributed by atoms with E-state index in [0.29, 0.717) is 24.7 Å². The monoisotopic (exact) mass is 343 g/mol. The molecule has 0 bridgehead atoms. The van der Waals surface area contributed by atoms with Gasteiger partial charge >= 0.3 is 0 Å². The molecule has 6 heteroatoms. The Morgan fingerprint density at radius 2 is 2.04 bits per heavy atom. The van der Waals surface area contributed by atoms with E-state index in [9.17, 15) is 4.79 Å². The van der Waals surface area contributed by atoms with Crippen LogP contribution in [0.4, 0.5) is 5.82 Å². The van der Waals surface area contributed by atoms with Crippen LogP contribution in [0.1, 0.15) is 37.6 Å². The molecule has 1 saturated heterocycles. The zero-order valence-corrected chi connectivity index (χ0v) is 15.0. The molecule has 0 radical (unpaired) electrons. The zero-order chi connectivity index (χ0) is 17.9. The van der Waals surface area contributed by atoms with Gasteiger partial charge in [-0.15, -0.1) is 0 Å². The van der Waals surface area contributed by atoms with Crippen LogP contribution in [0.15, 0.2) is 40.9 Å². The van der Waals surface area contributed by atoms with E-state index >= 15 is 0 Å². The minimum absolute atomic E-state index is 0.112. The number of aromatic nitrogens is 1. The van der Waals surface area contributed by atoms with Crippen molar-refractivity contribution in [3.05, 3.63) is 47.7 Å². The number of benzene rings is 1. The van der Waals surface area contributed by atoms with Crippen LogP contribution in [0.5, 0.6) is 0 Å². The Morgan fingerprint density at radius 3 is 2.72 bits per heavy atom. The number of amides is 1. The van der Waals surface area contributed by atoms with E-state index in [-0.39, 0.29) is 11.5 Å². The molecule has 0 aliphatic carbocycles. The Balaban J connectivity index is 1.83. The Hall–Kier alpha value is -2.18. The molecule has 2 heterocycles. The predicted octanol–water partition coefficient (Wildman–Crippen LogP) is 3.16. The maximum absolute atomic E-state index is 13.0. The first kappa shape index (κ1) is 17.6. The fourth-order valence-electron chi connectivity index (χ4n) is 3.08. The molecule has 0 saturated carbocycles. The SMILES string of the molecule is Cc1cc(NC(=O)C(c2ccccc2)N2CCOC(C)(C)CC2)no1. The number of hydrogen-bond acceptors (Lipinski definition) is 5. The molecular formula is C19H25N3O3. The standard InChI is InChI=1S/C19H25N3O3/c1-14-13-16(21-25-14)20-18(23)17(15-7-5-4-6-8-15)22-10-9-19(2,3)24-12-11-22/h4-8,13,17H,9-12H2,1-3H3,(H,20,21,23). The summed E-state index contributed by atoms with van der Waals surface area (Å²) in [6, 6.07) is 11.1. The second kappa shape index (κ2) is 7.37. The first-order valence-electron chi connectivity index (χ1n) is 8.62. The maximum atomic E-state index is 13.0. The average molecular weight is 343 g/mol. The summed E-state index contributed by atoms with van der Waals surface area (Å²) in [5.74, 6) is 0.991. The highest BCUT2D eigenvalue weighted by Crippen LogP contribution is 2.27. The highest BCUT2D eigenvalue weighted by Gasteiger charge is 2.32. The molecule has 1 N–H and O–H groups in total. The fourth-order valence-corrected chi connectivity index (χ4v) is 3.08. The quantitative estimate of drug-likeness (QED) is 0.923. The van der Waals surface area contributed by atoms with Gasteiger partial charge in [0.25, 0.3) is 0 Å². The van der Waals surface area contributed by atoms with Crippen molar-refractivity contribution in [2.45, 2.75) is 38.8 Å². The summed E-state index contributed by atoms with van der Waals surface area (Å²) in [7, 11) is 0. The van der Waals surface area contributed by atoms with Crippen molar-refractivity contribution in [1.29, 1.82) is 0 Å². The highest BCUT2D eigenvalue weighted by atomic mass is 16.5. The van der Waals surface area contributed by atoms with E-state index in [1.807, 2.05) is 30.3 Å². The van der Waals surface area contributed by atoms with Gasteiger partial charge < -0.3 is 14.6 Å². The summed E-state index contributed by atoms with van der Waals surface area (Å²) in [6.45, 7) is 8.07. The molecule has 0 spiro atoms. The van der Waals surface area contributed by atoms with Gasteiger partial charge in [0.2, 0.25) is 5.91 Å². The lowest BCUT2D eigenvalue weighted by atomic mass is 10.0.